The zero-order valence-corrected chi connectivity index (χ0v) is 17.1. The minimum Gasteiger partial charge on any atom is -0.493 e. The number of anilines is 1. The Hall–Kier alpha value is -3.51. The highest BCUT2D eigenvalue weighted by Crippen LogP contribution is 2.36. The molecule has 0 aliphatic rings. The Morgan fingerprint density at radius 3 is 2.43 bits per heavy atom. The van der Waals surface area contributed by atoms with Crippen LogP contribution in [-0.2, 0) is 11.2 Å². The Bertz CT molecular complexity index is 1050. The summed E-state index contributed by atoms with van der Waals surface area (Å²) in [6, 6.07) is 20.5. The summed E-state index contributed by atoms with van der Waals surface area (Å²) >= 11 is 6.25. The molecule has 0 heterocycles. The van der Waals surface area contributed by atoms with Crippen LogP contribution in [0.3, 0.4) is 0 Å². The molecule has 3 rings (SSSR count). The van der Waals surface area contributed by atoms with E-state index in [0.717, 1.165) is 11.1 Å². The number of benzene rings is 3. The Balaban J connectivity index is 1.83. The predicted octanol–water partition coefficient (Wildman–Crippen LogP) is 4.06. The summed E-state index contributed by atoms with van der Waals surface area (Å²) in [5, 5.41) is 3.06. The maximum atomic E-state index is 12.9. The van der Waals surface area contributed by atoms with Crippen molar-refractivity contribution in [2.75, 3.05) is 19.0 Å². The lowest BCUT2D eigenvalue weighted by molar-refractivity contribution is -0.119. The summed E-state index contributed by atoms with van der Waals surface area (Å²) < 4.78 is 10.6. The zero-order chi connectivity index (χ0) is 21.5. The van der Waals surface area contributed by atoms with E-state index in [1.165, 1.54) is 19.2 Å². The van der Waals surface area contributed by atoms with Gasteiger partial charge in [-0.25, -0.2) is 0 Å². The number of nitrogens with one attached hydrogen (secondary N) is 1. The molecular formula is C23H21ClN2O4. The minimum absolute atomic E-state index is 0.137. The molecular weight excluding hydrogens is 404 g/mol. The highest BCUT2D eigenvalue weighted by atomic mass is 35.5. The normalized spacial score (nSPS) is 10.3. The number of primary amides is 1. The van der Waals surface area contributed by atoms with Crippen LogP contribution in [0.15, 0.2) is 66.7 Å². The molecule has 0 spiro atoms. The molecule has 0 radical (unpaired) electrons. The number of nitrogens with two attached hydrogens (primary N) is 1. The van der Waals surface area contributed by atoms with Gasteiger partial charge in [-0.2, -0.15) is 0 Å². The summed E-state index contributed by atoms with van der Waals surface area (Å²) in [4.78, 5) is 23.9. The third-order valence-corrected chi connectivity index (χ3v) is 4.63. The van der Waals surface area contributed by atoms with Crippen LogP contribution in [0.4, 0.5) is 5.69 Å². The molecule has 7 heteroatoms. The molecule has 2 amide bonds. The molecule has 0 saturated heterocycles. The number of ether oxygens (including phenoxy) is 2. The first-order valence-electron chi connectivity index (χ1n) is 9.19. The van der Waals surface area contributed by atoms with E-state index < -0.39 is 5.91 Å². The number of hydrogen-bond donors (Lipinski definition) is 2. The van der Waals surface area contributed by atoms with Crippen LogP contribution in [0, 0.1) is 0 Å². The van der Waals surface area contributed by atoms with Gasteiger partial charge in [-0.3, -0.25) is 9.59 Å². The largest absolute Gasteiger partial charge is 0.493 e. The Kier molecular flexibility index (Phi) is 6.93. The van der Waals surface area contributed by atoms with Crippen LogP contribution in [0.2, 0.25) is 5.02 Å². The molecule has 0 aromatic heterocycles. The molecule has 0 unspecified atom stereocenters. The van der Waals surface area contributed by atoms with Crippen LogP contribution in [0.25, 0.3) is 0 Å². The molecule has 0 saturated carbocycles. The van der Waals surface area contributed by atoms with E-state index >= 15 is 0 Å². The Morgan fingerprint density at radius 1 is 1.03 bits per heavy atom. The van der Waals surface area contributed by atoms with Crippen molar-refractivity contribution in [3.63, 3.8) is 0 Å². The van der Waals surface area contributed by atoms with Gasteiger partial charge in [-0.15, -0.1) is 0 Å². The average Bonchev–Trinajstić information content (AvgIpc) is 2.74. The lowest BCUT2D eigenvalue weighted by Crippen LogP contribution is -2.20. The third kappa shape index (κ3) is 5.30. The second-order valence-electron chi connectivity index (χ2n) is 6.52. The van der Waals surface area contributed by atoms with Crippen molar-refractivity contribution in [1.29, 1.82) is 0 Å². The fourth-order valence-corrected chi connectivity index (χ4v) is 3.21. The highest BCUT2D eigenvalue weighted by Gasteiger charge is 2.17. The average molecular weight is 425 g/mol. The second kappa shape index (κ2) is 9.80. The van der Waals surface area contributed by atoms with Gasteiger partial charge in [-0.05, 0) is 35.7 Å². The summed E-state index contributed by atoms with van der Waals surface area (Å²) in [5.74, 6) is -0.618. The lowest BCUT2D eigenvalue weighted by Gasteiger charge is -2.15. The van der Waals surface area contributed by atoms with Crippen molar-refractivity contribution in [3.8, 4) is 11.5 Å². The van der Waals surface area contributed by atoms with Crippen LogP contribution >= 0.6 is 11.6 Å². The maximum absolute atomic E-state index is 12.9. The molecule has 30 heavy (non-hydrogen) atoms. The van der Waals surface area contributed by atoms with E-state index in [2.05, 4.69) is 5.32 Å². The zero-order valence-electron chi connectivity index (χ0n) is 16.4. The van der Waals surface area contributed by atoms with E-state index in [9.17, 15) is 9.59 Å². The van der Waals surface area contributed by atoms with Crippen molar-refractivity contribution in [2.24, 2.45) is 5.73 Å². The third-order valence-electron chi connectivity index (χ3n) is 4.35. The van der Waals surface area contributed by atoms with E-state index in [1.54, 1.807) is 0 Å². The number of carbonyl (C=O) groups excluding carboxylic acids is 2. The number of rotatable bonds is 8. The standard InChI is InChI=1S/C23H21ClN2O4/c1-29-20-13-17(12-18(24)22(20)30-14-21(25)27)23(28)26-19-10-6-5-9-16(19)11-15-7-3-2-4-8-15/h2-10,12-13H,11,14H2,1H3,(H2,25,27)(H,26,28). The molecule has 154 valence electrons. The number of carbonyl (C=O) groups is 2. The minimum atomic E-state index is -0.648. The van der Waals surface area contributed by atoms with Crippen molar-refractivity contribution in [2.45, 2.75) is 6.42 Å². The number of amides is 2. The van der Waals surface area contributed by atoms with Gasteiger partial charge in [0.25, 0.3) is 11.8 Å². The predicted molar refractivity (Wildman–Crippen MR) is 116 cm³/mol. The fraction of sp³-hybridized carbons (Fsp3) is 0.130. The van der Waals surface area contributed by atoms with E-state index in [1.807, 2.05) is 54.6 Å². The van der Waals surface area contributed by atoms with E-state index in [4.69, 9.17) is 26.8 Å². The summed E-state index contributed by atoms with van der Waals surface area (Å²) in [6.45, 7) is -0.353. The smallest absolute Gasteiger partial charge is 0.255 e. The molecule has 0 fully saturated rings. The lowest BCUT2D eigenvalue weighted by atomic mass is 10.0. The first kappa shape index (κ1) is 21.2. The van der Waals surface area contributed by atoms with E-state index in [-0.39, 0.29) is 34.6 Å². The molecule has 0 aliphatic heterocycles. The first-order chi connectivity index (χ1) is 14.5. The van der Waals surface area contributed by atoms with Crippen LogP contribution in [0.5, 0.6) is 11.5 Å². The van der Waals surface area contributed by atoms with Gasteiger partial charge in [0.1, 0.15) is 0 Å². The molecule has 0 bridgehead atoms. The fourth-order valence-electron chi connectivity index (χ4n) is 2.94. The molecule has 6 nitrogen and oxygen atoms in total. The maximum Gasteiger partial charge on any atom is 0.255 e. The molecule has 0 aliphatic carbocycles. The van der Waals surface area contributed by atoms with Crippen molar-refractivity contribution < 1.29 is 19.1 Å². The van der Waals surface area contributed by atoms with Gasteiger partial charge >= 0.3 is 0 Å². The Morgan fingerprint density at radius 2 is 1.73 bits per heavy atom. The quantitative estimate of drug-likeness (QED) is 0.570. The number of para-hydroxylation sites is 1. The van der Waals surface area contributed by atoms with Gasteiger partial charge in [0, 0.05) is 11.3 Å². The van der Waals surface area contributed by atoms with Gasteiger partial charge < -0.3 is 20.5 Å². The number of hydrogen-bond acceptors (Lipinski definition) is 4. The molecule has 0 atom stereocenters. The van der Waals surface area contributed by atoms with Gasteiger partial charge in [0.2, 0.25) is 0 Å². The van der Waals surface area contributed by atoms with Crippen molar-refractivity contribution >= 4 is 29.1 Å². The summed E-state index contributed by atoms with van der Waals surface area (Å²) in [5.41, 5.74) is 8.22. The number of halogens is 1. The first-order valence-corrected chi connectivity index (χ1v) is 9.57. The molecule has 3 N–H and O–H groups in total. The topological polar surface area (TPSA) is 90.7 Å². The van der Waals surface area contributed by atoms with Crippen LogP contribution in [0.1, 0.15) is 21.5 Å². The molecule has 3 aromatic rings. The second-order valence-corrected chi connectivity index (χ2v) is 6.93. The molecule has 3 aromatic carbocycles. The van der Waals surface area contributed by atoms with Crippen LogP contribution < -0.4 is 20.5 Å². The SMILES string of the molecule is COc1cc(C(=O)Nc2ccccc2Cc2ccccc2)cc(Cl)c1OCC(N)=O. The van der Waals surface area contributed by atoms with Crippen LogP contribution in [-0.4, -0.2) is 25.5 Å². The summed E-state index contributed by atoms with van der Waals surface area (Å²) in [7, 11) is 1.42. The van der Waals surface area contributed by atoms with Gasteiger partial charge in [-0.1, -0.05) is 60.1 Å². The van der Waals surface area contributed by atoms with E-state index in [0.29, 0.717) is 12.1 Å². The highest BCUT2D eigenvalue weighted by molar-refractivity contribution is 6.32. The van der Waals surface area contributed by atoms with Gasteiger partial charge in [0.05, 0.1) is 12.1 Å². The van der Waals surface area contributed by atoms with Crippen molar-refractivity contribution in [3.05, 3.63) is 88.4 Å². The number of methoxy groups -OCH3 is 1. The summed E-state index contributed by atoms with van der Waals surface area (Å²) in [6.07, 6.45) is 0.682. The monoisotopic (exact) mass is 424 g/mol. The van der Waals surface area contributed by atoms with Crippen molar-refractivity contribution in [1.82, 2.24) is 0 Å². The Labute approximate surface area is 179 Å². The van der Waals surface area contributed by atoms with Gasteiger partial charge in [0.15, 0.2) is 18.1 Å².